The van der Waals surface area contributed by atoms with Crippen LogP contribution in [0.25, 0.3) is 0 Å². The number of hydrogen-bond acceptors (Lipinski definition) is 1. The van der Waals surface area contributed by atoms with Crippen LogP contribution in [0.3, 0.4) is 0 Å². The molecule has 17 heavy (non-hydrogen) atoms. The molecule has 0 amide bonds. The minimum atomic E-state index is 0.480. The summed E-state index contributed by atoms with van der Waals surface area (Å²) in [6.45, 7) is 3.28. The van der Waals surface area contributed by atoms with Crippen molar-refractivity contribution in [2.45, 2.75) is 45.1 Å². The van der Waals surface area contributed by atoms with E-state index >= 15 is 0 Å². The first-order valence-electron chi connectivity index (χ1n) is 6.60. The fourth-order valence-electron chi connectivity index (χ4n) is 1.97. The van der Waals surface area contributed by atoms with Gasteiger partial charge in [0.15, 0.2) is 0 Å². The van der Waals surface area contributed by atoms with E-state index in [1.165, 1.54) is 24.8 Å². The van der Waals surface area contributed by atoms with Gasteiger partial charge in [-0.05, 0) is 31.4 Å². The molecule has 1 nitrogen and oxygen atoms in total. The van der Waals surface area contributed by atoms with Crippen LogP contribution in [-0.4, -0.2) is 6.54 Å². The second-order valence-corrected chi connectivity index (χ2v) is 4.37. The minimum Gasteiger partial charge on any atom is -0.310 e. The summed E-state index contributed by atoms with van der Waals surface area (Å²) >= 11 is 0. The van der Waals surface area contributed by atoms with Crippen molar-refractivity contribution >= 4 is 0 Å². The van der Waals surface area contributed by atoms with Gasteiger partial charge in [0, 0.05) is 12.5 Å². The zero-order valence-corrected chi connectivity index (χ0v) is 10.8. The van der Waals surface area contributed by atoms with Crippen molar-refractivity contribution in [3.8, 4) is 12.3 Å². The van der Waals surface area contributed by atoms with Gasteiger partial charge < -0.3 is 5.32 Å². The molecule has 1 N–H and O–H groups in total. The lowest BCUT2D eigenvalue weighted by Gasteiger charge is -2.18. The van der Waals surface area contributed by atoms with Crippen molar-refractivity contribution < 1.29 is 0 Å². The van der Waals surface area contributed by atoms with Crippen LogP contribution in [0.15, 0.2) is 30.3 Å². The first kappa shape index (κ1) is 13.8. The third-order valence-corrected chi connectivity index (χ3v) is 2.91. The number of rotatable bonds is 8. The highest BCUT2D eigenvalue weighted by Gasteiger charge is 2.09. The summed E-state index contributed by atoms with van der Waals surface area (Å²) in [4.78, 5) is 0. The maximum atomic E-state index is 5.27. The monoisotopic (exact) mass is 229 g/mol. The van der Waals surface area contributed by atoms with Crippen LogP contribution in [0.4, 0.5) is 0 Å². The van der Waals surface area contributed by atoms with Gasteiger partial charge in [-0.25, -0.2) is 0 Å². The van der Waals surface area contributed by atoms with Gasteiger partial charge in [-0.15, -0.1) is 12.3 Å². The Balaban J connectivity index is 2.46. The lowest BCUT2D eigenvalue weighted by molar-refractivity contribution is 0.478. The highest BCUT2D eigenvalue weighted by atomic mass is 14.9. The number of benzene rings is 1. The van der Waals surface area contributed by atoms with Crippen LogP contribution in [0.5, 0.6) is 0 Å². The van der Waals surface area contributed by atoms with E-state index < -0.39 is 0 Å². The molecule has 1 atom stereocenters. The van der Waals surface area contributed by atoms with Gasteiger partial charge in [-0.2, -0.15) is 0 Å². The van der Waals surface area contributed by atoms with E-state index in [1.807, 2.05) is 0 Å². The number of nitrogens with one attached hydrogen (secondary N) is 1. The Morgan fingerprint density at radius 2 is 2.00 bits per heavy atom. The average Bonchev–Trinajstić information content (AvgIpc) is 2.39. The third-order valence-electron chi connectivity index (χ3n) is 2.91. The lowest BCUT2D eigenvalue weighted by atomic mass is 10.0. The molecule has 0 aliphatic heterocycles. The van der Waals surface area contributed by atoms with Crippen LogP contribution in [0.1, 0.15) is 50.6 Å². The van der Waals surface area contributed by atoms with Crippen LogP contribution < -0.4 is 5.32 Å². The molecule has 0 saturated heterocycles. The Morgan fingerprint density at radius 3 is 2.65 bits per heavy atom. The van der Waals surface area contributed by atoms with Crippen LogP contribution in [0, 0.1) is 12.3 Å². The quantitative estimate of drug-likeness (QED) is 0.526. The summed E-state index contributed by atoms with van der Waals surface area (Å²) in [5.74, 6) is 2.70. The van der Waals surface area contributed by atoms with Gasteiger partial charge >= 0.3 is 0 Å². The largest absolute Gasteiger partial charge is 0.310 e. The van der Waals surface area contributed by atoms with Crippen LogP contribution >= 0.6 is 0 Å². The minimum absolute atomic E-state index is 0.480. The van der Waals surface area contributed by atoms with E-state index in [0.717, 1.165) is 19.4 Å². The van der Waals surface area contributed by atoms with Crippen molar-refractivity contribution in [2.75, 3.05) is 6.54 Å². The van der Waals surface area contributed by atoms with Crippen molar-refractivity contribution in [1.82, 2.24) is 5.32 Å². The molecule has 1 aromatic rings. The molecule has 0 fully saturated rings. The van der Waals surface area contributed by atoms with Gasteiger partial charge in [0.25, 0.3) is 0 Å². The lowest BCUT2D eigenvalue weighted by Crippen LogP contribution is -2.22. The average molecular weight is 229 g/mol. The summed E-state index contributed by atoms with van der Waals surface area (Å²) in [7, 11) is 0. The smallest absolute Gasteiger partial charge is 0.0320 e. The summed E-state index contributed by atoms with van der Waals surface area (Å²) in [6.07, 6.45) is 10.8. The molecule has 0 saturated carbocycles. The third kappa shape index (κ3) is 5.56. The molecule has 0 aromatic heterocycles. The molecule has 1 heteroatoms. The molecule has 0 spiro atoms. The molecular weight excluding hydrogens is 206 g/mol. The number of unbranched alkanes of at least 4 members (excludes halogenated alkanes) is 2. The Labute approximate surface area is 106 Å². The van der Waals surface area contributed by atoms with Crippen molar-refractivity contribution in [3.05, 3.63) is 35.9 Å². The molecule has 0 aliphatic rings. The standard InChI is InChI=1S/C16H23N/c1-3-5-6-10-13-16(17-14-4-2)15-11-8-7-9-12-15/h1,7-9,11-12,16-17H,4-6,10,13-14H2,2H3. The van der Waals surface area contributed by atoms with Gasteiger partial charge in [-0.1, -0.05) is 43.7 Å². The maximum Gasteiger partial charge on any atom is 0.0320 e. The highest BCUT2D eigenvalue weighted by molar-refractivity contribution is 5.18. The predicted octanol–water partition coefficient (Wildman–Crippen LogP) is 3.92. The van der Waals surface area contributed by atoms with Crippen LogP contribution in [-0.2, 0) is 0 Å². The second kappa shape index (κ2) is 8.84. The van der Waals surface area contributed by atoms with E-state index in [1.54, 1.807) is 0 Å². The summed E-state index contributed by atoms with van der Waals surface area (Å²) in [6, 6.07) is 11.2. The van der Waals surface area contributed by atoms with Gasteiger partial charge in [0.2, 0.25) is 0 Å². The zero-order chi connectivity index (χ0) is 12.3. The Morgan fingerprint density at radius 1 is 1.24 bits per heavy atom. The molecule has 1 rings (SSSR count). The first-order chi connectivity index (χ1) is 8.38. The second-order valence-electron chi connectivity index (χ2n) is 4.37. The molecule has 1 unspecified atom stereocenters. The molecule has 0 radical (unpaired) electrons. The molecule has 0 aliphatic carbocycles. The van der Waals surface area contributed by atoms with E-state index in [2.05, 4.69) is 48.5 Å². The molecule has 1 aromatic carbocycles. The van der Waals surface area contributed by atoms with Gasteiger partial charge in [0.05, 0.1) is 0 Å². The Bertz CT molecular complexity index is 323. The number of hydrogen-bond donors (Lipinski definition) is 1. The predicted molar refractivity (Wildman–Crippen MR) is 74.8 cm³/mol. The SMILES string of the molecule is C#CCCCCC(NCCC)c1ccccc1. The Hall–Kier alpha value is -1.26. The van der Waals surface area contributed by atoms with Crippen LogP contribution in [0.2, 0.25) is 0 Å². The van der Waals surface area contributed by atoms with E-state index in [0.29, 0.717) is 6.04 Å². The number of terminal acetylenes is 1. The van der Waals surface area contributed by atoms with Crippen molar-refractivity contribution in [3.63, 3.8) is 0 Å². The molecule has 92 valence electrons. The summed E-state index contributed by atoms with van der Waals surface area (Å²) in [5, 5.41) is 3.61. The Kier molecular flexibility index (Phi) is 7.18. The normalized spacial score (nSPS) is 12.0. The van der Waals surface area contributed by atoms with Gasteiger partial charge in [-0.3, -0.25) is 0 Å². The fourth-order valence-corrected chi connectivity index (χ4v) is 1.97. The first-order valence-corrected chi connectivity index (χ1v) is 6.60. The van der Waals surface area contributed by atoms with E-state index in [4.69, 9.17) is 6.42 Å². The molecule has 0 heterocycles. The van der Waals surface area contributed by atoms with Gasteiger partial charge in [0.1, 0.15) is 0 Å². The topological polar surface area (TPSA) is 12.0 Å². The summed E-state index contributed by atoms with van der Waals surface area (Å²) < 4.78 is 0. The molecule has 0 bridgehead atoms. The maximum absolute atomic E-state index is 5.27. The fraction of sp³-hybridized carbons (Fsp3) is 0.500. The summed E-state index contributed by atoms with van der Waals surface area (Å²) in [5.41, 5.74) is 1.39. The molecular formula is C16H23N. The van der Waals surface area contributed by atoms with E-state index in [9.17, 15) is 0 Å². The van der Waals surface area contributed by atoms with Crippen molar-refractivity contribution in [1.29, 1.82) is 0 Å². The zero-order valence-electron chi connectivity index (χ0n) is 10.8. The highest BCUT2D eigenvalue weighted by Crippen LogP contribution is 2.19. The van der Waals surface area contributed by atoms with Crippen molar-refractivity contribution in [2.24, 2.45) is 0 Å². The van der Waals surface area contributed by atoms with E-state index in [-0.39, 0.29) is 0 Å².